The number of hydrogen-bond donors (Lipinski definition) is 0. The summed E-state index contributed by atoms with van der Waals surface area (Å²) in [5.41, 5.74) is 1.71. The number of halogens is 2. The van der Waals surface area contributed by atoms with Crippen LogP contribution in [-0.2, 0) is 11.3 Å². The molecule has 2 aliphatic heterocycles. The second-order valence-electron chi connectivity index (χ2n) is 6.07. The van der Waals surface area contributed by atoms with Crippen LogP contribution in [0.5, 0.6) is 0 Å². The monoisotopic (exact) mass is 359 g/mol. The standard InChI is InChI=1S/C17H15ClFN5O/c18-17-21-7-15-16(22-17)24-3-4-25-10-13(24)9-23(15)8-12-5-11(6-20)1-2-14(12)19/h1-2,5,7,13H,3-4,8-10H2. The summed E-state index contributed by atoms with van der Waals surface area (Å²) >= 11 is 5.99. The van der Waals surface area contributed by atoms with Crippen molar-refractivity contribution in [3.8, 4) is 6.07 Å². The Labute approximate surface area is 149 Å². The lowest BCUT2D eigenvalue weighted by molar-refractivity contribution is 0.0935. The zero-order valence-corrected chi connectivity index (χ0v) is 14.1. The molecule has 1 atom stereocenters. The van der Waals surface area contributed by atoms with E-state index in [9.17, 15) is 4.39 Å². The molecule has 0 amide bonds. The van der Waals surface area contributed by atoms with Gasteiger partial charge in [0, 0.05) is 25.2 Å². The van der Waals surface area contributed by atoms with E-state index in [-0.39, 0.29) is 17.1 Å². The Bertz CT molecular complexity index is 855. The van der Waals surface area contributed by atoms with Crippen LogP contribution in [0.15, 0.2) is 24.4 Å². The van der Waals surface area contributed by atoms with Gasteiger partial charge in [-0.2, -0.15) is 10.2 Å². The molecule has 0 N–H and O–H groups in total. The minimum atomic E-state index is -0.335. The fourth-order valence-electron chi connectivity index (χ4n) is 3.34. The molecule has 0 spiro atoms. The number of morpholine rings is 1. The van der Waals surface area contributed by atoms with E-state index in [0.29, 0.717) is 37.4 Å². The maximum absolute atomic E-state index is 14.2. The van der Waals surface area contributed by atoms with Crippen molar-refractivity contribution in [2.45, 2.75) is 12.6 Å². The van der Waals surface area contributed by atoms with Gasteiger partial charge in [-0.15, -0.1) is 0 Å². The predicted octanol–water partition coefficient (Wildman–Crippen LogP) is 2.37. The molecular weight excluding hydrogens is 345 g/mol. The van der Waals surface area contributed by atoms with Gasteiger partial charge in [0.25, 0.3) is 0 Å². The highest BCUT2D eigenvalue weighted by molar-refractivity contribution is 6.28. The van der Waals surface area contributed by atoms with Crippen LogP contribution in [0.4, 0.5) is 15.9 Å². The minimum absolute atomic E-state index is 0.120. The first-order chi connectivity index (χ1) is 12.2. The summed E-state index contributed by atoms with van der Waals surface area (Å²) in [6.07, 6.45) is 1.67. The Morgan fingerprint density at radius 3 is 3.16 bits per heavy atom. The number of benzene rings is 1. The molecular formula is C17H15ClFN5O. The van der Waals surface area contributed by atoms with Crippen LogP contribution in [0, 0.1) is 17.1 Å². The average molecular weight is 360 g/mol. The topological polar surface area (TPSA) is 65.3 Å². The summed E-state index contributed by atoms with van der Waals surface area (Å²) in [6, 6.07) is 6.55. The van der Waals surface area contributed by atoms with Crippen LogP contribution in [0.3, 0.4) is 0 Å². The Kier molecular flexibility index (Phi) is 4.15. The van der Waals surface area contributed by atoms with Gasteiger partial charge in [-0.1, -0.05) is 0 Å². The van der Waals surface area contributed by atoms with E-state index in [4.69, 9.17) is 21.6 Å². The van der Waals surface area contributed by atoms with Crippen molar-refractivity contribution < 1.29 is 9.13 Å². The molecule has 1 aromatic carbocycles. The number of rotatable bonds is 2. The molecule has 0 aliphatic carbocycles. The summed E-state index contributed by atoms with van der Waals surface area (Å²) in [6.45, 7) is 2.93. The van der Waals surface area contributed by atoms with Gasteiger partial charge in [0.05, 0.1) is 42.8 Å². The fraction of sp³-hybridized carbons (Fsp3) is 0.353. The maximum Gasteiger partial charge on any atom is 0.224 e. The highest BCUT2D eigenvalue weighted by Gasteiger charge is 2.34. The number of anilines is 2. The first-order valence-electron chi connectivity index (χ1n) is 7.96. The molecule has 1 unspecified atom stereocenters. The number of aromatic nitrogens is 2. The molecule has 4 rings (SSSR count). The molecule has 1 saturated heterocycles. The van der Waals surface area contributed by atoms with Crippen molar-refractivity contribution in [3.05, 3.63) is 46.6 Å². The second-order valence-corrected chi connectivity index (χ2v) is 6.41. The number of hydrogen-bond acceptors (Lipinski definition) is 6. The SMILES string of the molecule is N#Cc1ccc(F)c(CN2CC3COCCN3c3nc(Cl)ncc32)c1. The lowest BCUT2D eigenvalue weighted by Crippen LogP contribution is -2.55. The molecule has 1 fully saturated rings. The molecule has 2 aromatic rings. The minimum Gasteiger partial charge on any atom is -0.377 e. The first kappa shape index (κ1) is 16.1. The van der Waals surface area contributed by atoms with E-state index in [1.54, 1.807) is 12.3 Å². The molecule has 6 nitrogen and oxygen atoms in total. The number of nitrogens with zero attached hydrogens (tertiary/aromatic N) is 5. The van der Waals surface area contributed by atoms with Gasteiger partial charge in [0.15, 0.2) is 5.82 Å². The van der Waals surface area contributed by atoms with E-state index >= 15 is 0 Å². The largest absolute Gasteiger partial charge is 0.377 e. The van der Waals surface area contributed by atoms with Gasteiger partial charge in [0.1, 0.15) is 5.82 Å². The van der Waals surface area contributed by atoms with Crippen LogP contribution in [-0.4, -0.2) is 42.3 Å². The third-order valence-corrected chi connectivity index (χ3v) is 4.71. The van der Waals surface area contributed by atoms with Crippen molar-refractivity contribution in [2.24, 2.45) is 0 Å². The summed E-state index contributed by atoms with van der Waals surface area (Å²) in [4.78, 5) is 12.7. The van der Waals surface area contributed by atoms with Crippen LogP contribution in [0.25, 0.3) is 0 Å². The van der Waals surface area contributed by atoms with Crippen LogP contribution >= 0.6 is 11.6 Å². The Morgan fingerprint density at radius 2 is 2.32 bits per heavy atom. The highest BCUT2D eigenvalue weighted by atomic mass is 35.5. The number of ether oxygens (including phenoxy) is 1. The molecule has 0 radical (unpaired) electrons. The van der Waals surface area contributed by atoms with Gasteiger partial charge in [0.2, 0.25) is 5.28 Å². The second kappa shape index (κ2) is 6.47. The Morgan fingerprint density at radius 1 is 1.44 bits per heavy atom. The summed E-state index contributed by atoms with van der Waals surface area (Å²) < 4.78 is 19.8. The molecule has 128 valence electrons. The predicted molar refractivity (Wildman–Crippen MR) is 91.2 cm³/mol. The van der Waals surface area contributed by atoms with Crippen molar-refractivity contribution in [1.82, 2.24) is 9.97 Å². The average Bonchev–Trinajstić information content (AvgIpc) is 2.63. The van der Waals surface area contributed by atoms with Gasteiger partial charge in [-0.05, 0) is 29.8 Å². The van der Waals surface area contributed by atoms with Crippen molar-refractivity contribution in [2.75, 3.05) is 36.1 Å². The molecule has 25 heavy (non-hydrogen) atoms. The van der Waals surface area contributed by atoms with Crippen molar-refractivity contribution in [1.29, 1.82) is 5.26 Å². The van der Waals surface area contributed by atoms with Gasteiger partial charge in [-0.25, -0.2) is 9.37 Å². The fourth-order valence-corrected chi connectivity index (χ4v) is 3.47. The smallest absolute Gasteiger partial charge is 0.224 e. The van der Waals surface area contributed by atoms with Crippen molar-refractivity contribution in [3.63, 3.8) is 0 Å². The molecule has 1 aromatic heterocycles. The quantitative estimate of drug-likeness (QED) is 0.767. The Hall–Kier alpha value is -2.43. The van der Waals surface area contributed by atoms with Crippen LogP contribution < -0.4 is 9.80 Å². The lowest BCUT2D eigenvalue weighted by Gasteiger charge is -2.45. The van der Waals surface area contributed by atoms with Gasteiger partial charge in [-0.3, -0.25) is 0 Å². The zero-order valence-electron chi connectivity index (χ0n) is 13.3. The van der Waals surface area contributed by atoms with E-state index in [2.05, 4.69) is 14.9 Å². The summed E-state index contributed by atoms with van der Waals surface area (Å²) in [7, 11) is 0. The van der Waals surface area contributed by atoms with Crippen LogP contribution in [0.1, 0.15) is 11.1 Å². The number of nitriles is 1. The first-order valence-corrected chi connectivity index (χ1v) is 8.34. The van der Waals surface area contributed by atoms with E-state index in [0.717, 1.165) is 18.1 Å². The van der Waals surface area contributed by atoms with Gasteiger partial charge >= 0.3 is 0 Å². The van der Waals surface area contributed by atoms with E-state index < -0.39 is 0 Å². The van der Waals surface area contributed by atoms with Crippen molar-refractivity contribution >= 4 is 23.1 Å². The third-order valence-electron chi connectivity index (χ3n) is 4.53. The third kappa shape index (κ3) is 2.99. The normalized spacial score (nSPS) is 19.2. The molecule has 0 saturated carbocycles. The van der Waals surface area contributed by atoms with E-state index in [1.807, 2.05) is 11.0 Å². The Balaban J connectivity index is 1.72. The number of fused-ring (bicyclic) bond motifs is 3. The van der Waals surface area contributed by atoms with Gasteiger partial charge < -0.3 is 14.5 Å². The van der Waals surface area contributed by atoms with E-state index in [1.165, 1.54) is 12.1 Å². The molecule has 3 heterocycles. The molecule has 8 heteroatoms. The molecule has 2 aliphatic rings. The summed E-state index contributed by atoms with van der Waals surface area (Å²) in [5, 5.41) is 9.24. The summed E-state index contributed by atoms with van der Waals surface area (Å²) in [5.74, 6) is 0.411. The van der Waals surface area contributed by atoms with Crippen LogP contribution in [0.2, 0.25) is 5.28 Å². The lowest BCUT2D eigenvalue weighted by atomic mass is 10.1. The molecule has 0 bridgehead atoms. The maximum atomic E-state index is 14.2. The zero-order chi connectivity index (χ0) is 17.4. The highest BCUT2D eigenvalue weighted by Crippen LogP contribution is 2.36.